The normalized spacial score (nSPS) is 32.2. The first kappa shape index (κ1) is 15.5. The predicted octanol–water partition coefficient (Wildman–Crippen LogP) is 3.78. The quantitative estimate of drug-likeness (QED) is 0.919. The lowest BCUT2D eigenvalue weighted by atomic mass is 9.69. The van der Waals surface area contributed by atoms with E-state index in [9.17, 15) is 4.79 Å². The maximum atomic E-state index is 12.6. The van der Waals surface area contributed by atoms with Crippen molar-refractivity contribution in [2.75, 3.05) is 7.11 Å². The number of methoxy groups -OCH3 is 1. The number of ether oxygens (including phenoxy) is 1. The second-order valence-corrected chi connectivity index (χ2v) is 7.77. The third-order valence-electron chi connectivity index (χ3n) is 6.60. The van der Waals surface area contributed by atoms with Crippen LogP contribution in [-0.4, -0.2) is 19.1 Å². The number of fused-ring (bicyclic) bond motifs is 2. The zero-order valence-corrected chi connectivity index (χ0v) is 14.1. The average Bonchev–Trinajstić information content (AvgIpc) is 2.81. The van der Waals surface area contributed by atoms with E-state index in [-0.39, 0.29) is 11.3 Å². The van der Waals surface area contributed by atoms with Gasteiger partial charge in [0.1, 0.15) is 0 Å². The molecule has 3 rings (SSSR count). The SMILES string of the molecule is COCc1cccc(C(=O)NC2CC3CCC2(C)C3(C)C)c1. The molecule has 0 heterocycles. The van der Waals surface area contributed by atoms with Gasteiger partial charge in [-0.1, -0.05) is 32.9 Å². The number of hydrogen-bond donors (Lipinski definition) is 1. The molecular formula is C19H27NO2. The van der Waals surface area contributed by atoms with Gasteiger partial charge in [-0.15, -0.1) is 0 Å². The molecule has 3 atom stereocenters. The first-order chi connectivity index (χ1) is 10.4. The van der Waals surface area contributed by atoms with E-state index < -0.39 is 0 Å². The summed E-state index contributed by atoms with van der Waals surface area (Å²) in [5.41, 5.74) is 2.31. The first-order valence-electron chi connectivity index (χ1n) is 8.27. The minimum absolute atomic E-state index is 0.0486. The molecule has 1 aromatic carbocycles. The van der Waals surface area contributed by atoms with E-state index in [0.29, 0.717) is 18.1 Å². The van der Waals surface area contributed by atoms with E-state index >= 15 is 0 Å². The predicted molar refractivity (Wildman–Crippen MR) is 87.6 cm³/mol. The fourth-order valence-corrected chi connectivity index (χ4v) is 4.63. The largest absolute Gasteiger partial charge is 0.380 e. The number of nitrogens with one attached hydrogen (secondary N) is 1. The van der Waals surface area contributed by atoms with Gasteiger partial charge in [0.2, 0.25) is 0 Å². The fraction of sp³-hybridized carbons (Fsp3) is 0.632. The lowest BCUT2D eigenvalue weighted by Gasteiger charge is -2.39. The van der Waals surface area contributed by atoms with Crippen LogP contribution in [0.1, 0.15) is 56.0 Å². The Labute approximate surface area is 133 Å². The minimum Gasteiger partial charge on any atom is -0.380 e. The van der Waals surface area contributed by atoms with E-state index in [1.165, 1.54) is 12.8 Å². The zero-order valence-electron chi connectivity index (χ0n) is 14.1. The summed E-state index contributed by atoms with van der Waals surface area (Å²) in [6, 6.07) is 8.02. The van der Waals surface area contributed by atoms with Crippen molar-refractivity contribution >= 4 is 5.91 Å². The van der Waals surface area contributed by atoms with Crippen LogP contribution in [-0.2, 0) is 11.3 Å². The van der Waals surface area contributed by atoms with Crippen molar-refractivity contribution < 1.29 is 9.53 Å². The van der Waals surface area contributed by atoms with Crippen molar-refractivity contribution in [1.29, 1.82) is 0 Å². The molecule has 2 aliphatic carbocycles. The van der Waals surface area contributed by atoms with Gasteiger partial charge >= 0.3 is 0 Å². The van der Waals surface area contributed by atoms with Gasteiger partial charge in [-0.05, 0) is 53.7 Å². The molecule has 0 saturated heterocycles. The summed E-state index contributed by atoms with van der Waals surface area (Å²) in [6.45, 7) is 7.63. The van der Waals surface area contributed by atoms with Crippen molar-refractivity contribution in [3.63, 3.8) is 0 Å². The van der Waals surface area contributed by atoms with E-state index in [4.69, 9.17) is 4.74 Å². The van der Waals surface area contributed by atoms with Crippen LogP contribution in [0.3, 0.4) is 0 Å². The molecule has 1 N–H and O–H groups in total. The van der Waals surface area contributed by atoms with Crippen molar-refractivity contribution in [2.45, 2.75) is 52.7 Å². The van der Waals surface area contributed by atoms with Gasteiger partial charge in [0.25, 0.3) is 5.91 Å². The number of rotatable bonds is 4. The van der Waals surface area contributed by atoms with Crippen LogP contribution in [0.4, 0.5) is 0 Å². The van der Waals surface area contributed by atoms with Crippen LogP contribution in [0.5, 0.6) is 0 Å². The highest BCUT2D eigenvalue weighted by molar-refractivity contribution is 5.94. The molecule has 0 aliphatic heterocycles. The Morgan fingerprint density at radius 1 is 1.36 bits per heavy atom. The van der Waals surface area contributed by atoms with Gasteiger partial charge in [0.15, 0.2) is 0 Å². The van der Waals surface area contributed by atoms with E-state index in [0.717, 1.165) is 23.5 Å². The highest BCUT2D eigenvalue weighted by Gasteiger charge is 2.61. The smallest absolute Gasteiger partial charge is 0.251 e. The molecule has 0 radical (unpaired) electrons. The molecule has 3 heteroatoms. The first-order valence-corrected chi connectivity index (χ1v) is 8.27. The van der Waals surface area contributed by atoms with Crippen LogP contribution in [0.25, 0.3) is 0 Å². The van der Waals surface area contributed by atoms with Crippen molar-refractivity contribution in [3.8, 4) is 0 Å². The topological polar surface area (TPSA) is 38.3 Å². The highest BCUT2D eigenvalue weighted by Crippen LogP contribution is 2.65. The maximum absolute atomic E-state index is 12.6. The maximum Gasteiger partial charge on any atom is 0.251 e. The molecule has 3 nitrogen and oxygen atoms in total. The number of hydrogen-bond acceptors (Lipinski definition) is 2. The van der Waals surface area contributed by atoms with Crippen LogP contribution in [0, 0.1) is 16.7 Å². The summed E-state index contributed by atoms with van der Waals surface area (Å²) in [4.78, 5) is 12.6. The Balaban J connectivity index is 1.74. The molecule has 3 unspecified atom stereocenters. The van der Waals surface area contributed by atoms with Gasteiger partial charge < -0.3 is 10.1 Å². The molecule has 0 aromatic heterocycles. The van der Waals surface area contributed by atoms with Crippen molar-refractivity contribution in [1.82, 2.24) is 5.32 Å². The molecule has 22 heavy (non-hydrogen) atoms. The Morgan fingerprint density at radius 2 is 2.14 bits per heavy atom. The Hall–Kier alpha value is -1.35. The summed E-state index contributed by atoms with van der Waals surface area (Å²) < 4.78 is 5.15. The Morgan fingerprint density at radius 3 is 2.73 bits per heavy atom. The van der Waals surface area contributed by atoms with E-state index in [1.54, 1.807) is 7.11 Å². The summed E-state index contributed by atoms with van der Waals surface area (Å²) >= 11 is 0. The summed E-state index contributed by atoms with van der Waals surface area (Å²) in [7, 11) is 1.67. The number of carbonyl (C=O) groups excluding carboxylic acids is 1. The van der Waals surface area contributed by atoms with Gasteiger partial charge in [-0.25, -0.2) is 0 Å². The van der Waals surface area contributed by atoms with Gasteiger partial charge in [0, 0.05) is 18.7 Å². The standard InChI is InChI=1S/C19H27NO2/c1-18(2)15-8-9-19(18,3)16(11-15)20-17(21)14-7-5-6-13(10-14)12-22-4/h5-7,10,15-16H,8-9,11-12H2,1-4H3,(H,20,21). The number of benzene rings is 1. The second-order valence-electron chi connectivity index (χ2n) is 7.77. The average molecular weight is 301 g/mol. The molecule has 2 aliphatic rings. The fourth-order valence-electron chi connectivity index (χ4n) is 4.63. The van der Waals surface area contributed by atoms with Gasteiger partial charge in [0.05, 0.1) is 6.61 Å². The molecule has 2 bridgehead atoms. The van der Waals surface area contributed by atoms with Crippen LogP contribution in [0.2, 0.25) is 0 Å². The third-order valence-corrected chi connectivity index (χ3v) is 6.60. The van der Waals surface area contributed by atoms with Gasteiger partial charge in [-0.2, -0.15) is 0 Å². The number of amides is 1. The summed E-state index contributed by atoms with van der Waals surface area (Å²) in [6.07, 6.45) is 3.64. The van der Waals surface area contributed by atoms with Crippen molar-refractivity contribution in [3.05, 3.63) is 35.4 Å². The Bertz CT molecular complexity index is 581. The molecule has 2 fully saturated rings. The molecule has 120 valence electrons. The second kappa shape index (κ2) is 5.38. The lowest BCUT2D eigenvalue weighted by Crippen LogP contribution is -2.46. The molecule has 2 saturated carbocycles. The molecule has 1 amide bonds. The molecular weight excluding hydrogens is 274 g/mol. The van der Waals surface area contributed by atoms with Crippen molar-refractivity contribution in [2.24, 2.45) is 16.7 Å². The van der Waals surface area contributed by atoms with Crippen LogP contribution >= 0.6 is 0 Å². The summed E-state index contributed by atoms with van der Waals surface area (Å²) in [5, 5.41) is 3.31. The van der Waals surface area contributed by atoms with E-state index in [2.05, 4.69) is 26.1 Å². The number of carbonyl (C=O) groups is 1. The van der Waals surface area contributed by atoms with Crippen LogP contribution in [0.15, 0.2) is 24.3 Å². The lowest BCUT2D eigenvalue weighted by molar-refractivity contribution is 0.0826. The molecule has 1 aromatic rings. The van der Waals surface area contributed by atoms with Gasteiger partial charge in [-0.3, -0.25) is 4.79 Å². The Kier molecular flexibility index (Phi) is 3.80. The minimum atomic E-state index is 0.0486. The monoisotopic (exact) mass is 301 g/mol. The highest BCUT2D eigenvalue weighted by atomic mass is 16.5. The van der Waals surface area contributed by atoms with Crippen LogP contribution < -0.4 is 5.32 Å². The zero-order chi connectivity index (χ0) is 16.0. The molecule has 0 spiro atoms. The third kappa shape index (κ3) is 2.26. The summed E-state index contributed by atoms with van der Waals surface area (Å²) in [5.74, 6) is 0.787. The van der Waals surface area contributed by atoms with E-state index in [1.807, 2.05) is 24.3 Å².